The first kappa shape index (κ1) is 15.8. The summed E-state index contributed by atoms with van der Waals surface area (Å²) in [5.74, 6) is 0.560. The average molecular weight is 314 g/mol. The lowest BCUT2D eigenvalue weighted by Gasteiger charge is -2.33. The number of ether oxygens (including phenoxy) is 1. The first-order valence-corrected chi connectivity index (χ1v) is 7.32. The van der Waals surface area contributed by atoms with Crippen molar-refractivity contribution in [2.45, 2.75) is 12.8 Å². The van der Waals surface area contributed by atoms with Gasteiger partial charge in [0.15, 0.2) is 5.82 Å². The summed E-state index contributed by atoms with van der Waals surface area (Å²) in [6.45, 7) is 2.32. The molecule has 2 rings (SSSR count). The molecule has 0 aliphatic carbocycles. The van der Waals surface area contributed by atoms with Crippen LogP contribution in [0.3, 0.4) is 0 Å². The van der Waals surface area contributed by atoms with E-state index in [9.17, 15) is 4.79 Å². The lowest BCUT2D eigenvalue weighted by Crippen LogP contribution is -2.44. The molecule has 21 heavy (non-hydrogen) atoms. The van der Waals surface area contributed by atoms with Gasteiger partial charge >= 0.3 is 6.01 Å². The Morgan fingerprint density at radius 1 is 1.67 bits per heavy atom. The van der Waals surface area contributed by atoms with E-state index in [0.717, 1.165) is 19.4 Å². The number of carbonyl (C=O) groups excluding carboxylic acids is 1. The zero-order valence-electron chi connectivity index (χ0n) is 12.0. The molecule has 0 saturated carbocycles. The van der Waals surface area contributed by atoms with Gasteiger partial charge in [0.1, 0.15) is 5.02 Å². The van der Waals surface area contributed by atoms with Crippen molar-refractivity contribution < 1.29 is 9.53 Å². The normalized spacial score (nSPS) is 18.4. The summed E-state index contributed by atoms with van der Waals surface area (Å²) < 4.78 is 5.03. The molecule has 0 aromatic carbocycles. The van der Waals surface area contributed by atoms with Crippen LogP contribution in [0.5, 0.6) is 6.01 Å². The Kier molecular flexibility index (Phi) is 5.58. The largest absolute Gasteiger partial charge is 0.467 e. The number of rotatable bonds is 5. The van der Waals surface area contributed by atoms with E-state index in [1.165, 1.54) is 13.3 Å². The second kappa shape index (κ2) is 7.42. The molecule has 116 valence electrons. The molecule has 2 heterocycles. The molecule has 0 bridgehead atoms. The number of nitrogens with zero attached hydrogens (tertiary/aromatic N) is 3. The van der Waals surface area contributed by atoms with Crippen LogP contribution >= 0.6 is 11.6 Å². The van der Waals surface area contributed by atoms with Gasteiger partial charge in [0.2, 0.25) is 5.91 Å². The molecule has 1 aromatic heterocycles. The predicted octanol–water partition coefficient (Wildman–Crippen LogP) is 0.430. The Balaban J connectivity index is 2.08. The Bertz CT molecular complexity index is 499. The summed E-state index contributed by atoms with van der Waals surface area (Å²) in [7, 11) is 1.51. The predicted molar refractivity (Wildman–Crippen MR) is 80.6 cm³/mol. The van der Waals surface area contributed by atoms with Crippen molar-refractivity contribution in [3.8, 4) is 6.01 Å². The van der Waals surface area contributed by atoms with E-state index in [2.05, 4.69) is 15.3 Å². The summed E-state index contributed by atoms with van der Waals surface area (Å²) in [6.07, 6.45) is 3.27. The number of hydrogen-bond acceptors (Lipinski definition) is 6. The minimum atomic E-state index is -0.0812. The van der Waals surface area contributed by atoms with Crippen molar-refractivity contribution in [2.75, 3.05) is 38.2 Å². The van der Waals surface area contributed by atoms with Crippen molar-refractivity contribution in [3.63, 3.8) is 0 Å². The molecular weight excluding hydrogens is 294 g/mol. The van der Waals surface area contributed by atoms with Crippen molar-refractivity contribution in [3.05, 3.63) is 11.2 Å². The molecule has 7 nitrogen and oxygen atoms in total. The molecule has 1 fully saturated rings. The maximum absolute atomic E-state index is 12.1. The second-order valence-corrected chi connectivity index (χ2v) is 5.30. The van der Waals surface area contributed by atoms with Gasteiger partial charge in [0.25, 0.3) is 0 Å². The van der Waals surface area contributed by atoms with Gasteiger partial charge in [0.05, 0.1) is 19.2 Å². The highest BCUT2D eigenvalue weighted by Gasteiger charge is 2.27. The minimum absolute atomic E-state index is 0.0299. The second-order valence-electron chi connectivity index (χ2n) is 4.89. The van der Waals surface area contributed by atoms with Gasteiger partial charge in [-0.15, -0.1) is 0 Å². The third kappa shape index (κ3) is 3.95. The summed E-state index contributed by atoms with van der Waals surface area (Å²) >= 11 is 6.16. The first-order valence-electron chi connectivity index (χ1n) is 6.95. The maximum atomic E-state index is 12.1. The summed E-state index contributed by atoms with van der Waals surface area (Å²) in [5, 5.41) is 3.29. The number of anilines is 1. The van der Waals surface area contributed by atoms with Crippen molar-refractivity contribution in [1.82, 2.24) is 15.3 Å². The van der Waals surface area contributed by atoms with E-state index in [0.29, 0.717) is 30.5 Å². The number of amides is 1. The number of methoxy groups -OCH3 is 1. The molecule has 1 saturated heterocycles. The Labute approximate surface area is 128 Å². The van der Waals surface area contributed by atoms with E-state index in [1.54, 1.807) is 0 Å². The highest BCUT2D eigenvalue weighted by atomic mass is 35.5. The number of nitrogens with two attached hydrogens (primary N) is 1. The van der Waals surface area contributed by atoms with Crippen LogP contribution in [0.25, 0.3) is 0 Å². The molecule has 1 unspecified atom stereocenters. The number of hydrogen-bond donors (Lipinski definition) is 2. The van der Waals surface area contributed by atoms with Crippen LogP contribution in [0.15, 0.2) is 6.20 Å². The lowest BCUT2D eigenvalue weighted by atomic mass is 9.97. The maximum Gasteiger partial charge on any atom is 0.318 e. The zero-order valence-corrected chi connectivity index (χ0v) is 12.8. The molecule has 0 spiro atoms. The van der Waals surface area contributed by atoms with Gasteiger partial charge in [-0.2, -0.15) is 4.98 Å². The quantitative estimate of drug-likeness (QED) is 0.819. The fourth-order valence-corrected chi connectivity index (χ4v) is 2.60. The topological polar surface area (TPSA) is 93.4 Å². The van der Waals surface area contributed by atoms with Gasteiger partial charge in [-0.05, 0) is 12.8 Å². The fourth-order valence-electron chi connectivity index (χ4n) is 2.39. The van der Waals surface area contributed by atoms with E-state index in [-0.39, 0.29) is 17.8 Å². The van der Waals surface area contributed by atoms with Gasteiger partial charge in [-0.1, -0.05) is 11.6 Å². The molecule has 1 atom stereocenters. The van der Waals surface area contributed by atoms with Crippen LogP contribution in [0.4, 0.5) is 5.82 Å². The summed E-state index contributed by atoms with van der Waals surface area (Å²) in [5.41, 5.74) is 5.40. The highest BCUT2D eigenvalue weighted by molar-refractivity contribution is 6.32. The van der Waals surface area contributed by atoms with Crippen LogP contribution in [-0.4, -0.2) is 49.2 Å². The van der Waals surface area contributed by atoms with Gasteiger partial charge in [-0.3, -0.25) is 4.79 Å². The molecule has 1 aliphatic heterocycles. The summed E-state index contributed by atoms with van der Waals surface area (Å²) in [6, 6.07) is 0.268. The summed E-state index contributed by atoms with van der Waals surface area (Å²) in [4.78, 5) is 22.3. The van der Waals surface area contributed by atoms with Crippen LogP contribution in [-0.2, 0) is 4.79 Å². The number of aromatic nitrogens is 2. The van der Waals surface area contributed by atoms with E-state index in [1.807, 2.05) is 4.90 Å². The van der Waals surface area contributed by atoms with Crippen LogP contribution in [0.1, 0.15) is 12.8 Å². The van der Waals surface area contributed by atoms with Crippen LogP contribution in [0.2, 0.25) is 5.02 Å². The van der Waals surface area contributed by atoms with E-state index >= 15 is 0 Å². The van der Waals surface area contributed by atoms with Gasteiger partial charge in [-0.25, -0.2) is 4.98 Å². The van der Waals surface area contributed by atoms with Crippen LogP contribution in [0, 0.1) is 5.92 Å². The molecule has 1 aromatic rings. The van der Waals surface area contributed by atoms with Crippen molar-refractivity contribution in [1.29, 1.82) is 0 Å². The standard InChI is InChI=1S/C13H20ClN5O2/c1-21-13-17-7-10(14)11(18-13)19-6-2-3-9(8-19)12(20)16-5-4-15/h7,9H,2-6,8,15H2,1H3,(H,16,20). The number of halogens is 1. The molecule has 1 aliphatic rings. The third-order valence-electron chi connectivity index (χ3n) is 3.42. The van der Waals surface area contributed by atoms with Crippen molar-refractivity contribution in [2.24, 2.45) is 11.7 Å². The molecule has 1 amide bonds. The SMILES string of the molecule is COc1ncc(Cl)c(N2CCCC(C(=O)NCCN)C2)n1. The molecular formula is C13H20ClN5O2. The Hall–Kier alpha value is -1.60. The minimum Gasteiger partial charge on any atom is -0.467 e. The van der Waals surface area contributed by atoms with Gasteiger partial charge in [0, 0.05) is 26.2 Å². The molecule has 3 N–H and O–H groups in total. The fraction of sp³-hybridized carbons (Fsp3) is 0.615. The van der Waals surface area contributed by atoms with Gasteiger partial charge < -0.3 is 20.7 Å². The zero-order chi connectivity index (χ0) is 15.2. The number of piperidine rings is 1. The monoisotopic (exact) mass is 313 g/mol. The van der Waals surface area contributed by atoms with Crippen molar-refractivity contribution >= 4 is 23.3 Å². The highest BCUT2D eigenvalue weighted by Crippen LogP contribution is 2.28. The number of nitrogens with one attached hydrogen (secondary N) is 1. The Morgan fingerprint density at radius 2 is 2.48 bits per heavy atom. The molecule has 0 radical (unpaired) electrons. The molecule has 8 heteroatoms. The smallest absolute Gasteiger partial charge is 0.318 e. The van der Waals surface area contributed by atoms with Crippen LogP contribution < -0.4 is 20.7 Å². The Morgan fingerprint density at radius 3 is 3.19 bits per heavy atom. The third-order valence-corrected chi connectivity index (χ3v) is 3.69. The van der Waals surface area contributed by atoms with E-state index in [4.69, 9.17) is 22.1 Å². The number of carbonyl (C=O) groups is 1. The first-order chi connectivity index (χ1) is 10.2. The average Bonchev–Trinajstić information content (AvgIpc) is 2.53. The van der Waals surface area contributed by atoms with E-state index < -0.39 is 0 Å². The lowest BCUT2D eigenvalue weighted by molar-refractivity contribution is -0.125.